The highest BCUT2D eigenvalue weighted by molar-refractivity contribution is 5.80. The third kappa shape index (κ3) is 4.04. The van der Waals surface area contributed by atoms with Crippen LogP contribution in [0.3, 0.4) is 0 Å². The Morgan fingerprint density at radius 2 is 2.25 bits per heavy atom. The van der Waals surface area contributed by atoms with Gasteiger partial charge in [0.15, 0.2) is 0 Å². The van der Waals surface area contributed by atoms with Crippen LogP contribution in [0, 0.1) is 17.2 Å². The number of carbonyl (C=O) groups is 1. The molecule has 1 aromatic rings. The van der Waals surface area contributed by atoms with E-state index in [0.717, 1.165) is 19.5 Å². The minimum atomic E-state index is -0.373. The molecule has 2 aliphatic rings. The molecule has 1 amide bonds. The lowest BCUT2D eigenvalue weighted by Gasteiger charge is -2.25. The van der Waals surface area contributed by atoms with Crippen molar-refractivity contribution in [1.29, 1.82) is 5.26 Å². The van der Waals surface area contributed by atoms with Crippen LogP contribution in [0.4, 0.5) is 5.82 Å². The Balaban J connectivity index is 1.58. The van der Waals surface area contributed by atoms with E-state index in [-0.39, 0.29) is 12.0 Å². The number of hydrogen-bond donors (Lipinski definition) is 0. The second-order valence-electron chi connectivity index (χ2n) is 6.57. The first-order valence-electron chi connectivity index (χ1n) is 8.69. The summed E-state index contributed by atoms with van der Waals surface area (Å²) in [6.07, 6.45) is 4.65. The first-order chi connectivity index (χ1) is 11.7. The number of rotatable bonds is 5. The van der Waals surface area contributed by atoms with Crippen molar-refractivity contribution in [2.75, 3.05) is 37.7 Å². The maximum absolute atomic E-state index is 12.6. The molecule has 6 nitrogen and oxygen atoms in total. The summed E-state index contributed by atoms with van der Waals surface area (Å²) in [4.78, 5) is 20.9. The molecule has 2 fully saturated rings. The summed E-state index contributed by atoms with van der Waals surface area (Å²) in [5.74, 6) is 1.44. The lowest BCUT2D eigenvalue weighted by atomic mass is 10.2. The van der Waals surface area contributed by atoms with Crippen LogP contribution >= 0.6 is 0 Å². The van der Waals surface area contributed by atoms with E-state index < -0.39 is 0 Å². The number of aromatic nitrogens is 1. The number of carbonyl (C=O) groups excluding carboxylic acids is 1. The number of anilines is 1. The average Bonchev–Trinajstić information content (AvgIpc) is 3.45. The molecule has 128 valence electrons. The van der Waals surface area contributed by atoms with E-state index in [9.17, 15) is 10.1 Å². The van der Waals surface area contributed by atoms with Crippen LogP contribution < -0.4 is 4.90 Å². The molecule has 1 aliphatic carbocycles. The Labute approximate surface area is 143 Å². The quantitative estimate of drug-likeness (QED) is 0.824. The first kappa shape index (κ1) is 16.7. The van der Waals surface area contributed by atoms with E-state index in [1.165, 1.54) is 12.8 Å². The monoisotopic (exact) mass is 328 g/mol. The number of nitrogens with zero attached hydrogens (tertiary/aromatic N) is 4. The lowest BCUT2D eigenvalue weighted by Crippen LogP contribution is -2.41. The normalized spacial score (nSPS) is 19.5. The van der Waals surface area contributed by atoms with Gasteiger partial charge in [0.25, 0.3) is 5.91 Å². The van der Waals surface area contributed by atoms with Crippen molar-refractivity contribution >= 4 is 11.7 Å². The van der Waals surface area contributed by atoms with Crippen molar-refractivity contribution in [2.24, 2.45) is 5.92 Å². The molecule has 1 aliphatic heterocycles. The van der Waals surface area contributed by atoms with E-state index in [4.69, 9.17) is 4.74 Å². The van der Waals surface area contributed by atoms with Crippen molar-refractivity contribution in [2.45, 2.75) is 32.3 Å². The summed E-state index contributed by atoms with van der Waals surface area (Å²) in [5, 5.41) is 9.24. The molecule has 1 saturated carbocycles. The highest BCUT2D eigenvalue weighted by Crippen LogP contribution is 2.29. The predicted molar refractivity (Wildman–Crippen MR) is 90.5 cm³/mol. The van der Waals surface area contributed by atoms with E-state index in [2.05, 4.69) is 16.0 Å². The number of amides is 1. The lowest BCUT2D eigenvalue weighted by molar-refractivity contribution is -0.142. The molecule has 3 rings (SSSR count). The van der Waals surface area contributed by atoms with Gasteiger partial charge >= 0.3 is 0 Å². The van der Waals surface area contributed by atoms with Crippen molar-refractivity contribution in [1.82, 2.24) is 9.88 Å². The number of nitriles is 1. The Bertz CT molecular complexity index is 624. The van der Waals surface area contributed by atoms with Crippen molar-refractivity contribution in [3.63, 3.8) is 0 Å². The summed E-state index contributed by atoms with van der Waals surface area (Å²) >= 11 is 0. The maximum atomic E-state index is 12.6. The molecule has 0 radical (unpaired) electrons. The van der Waals surface area contributed by atoms with Gasteiger partial charge in [-0.05, 0) is 44.2 Å². The van der Waals surface area contributed by atoms with Gasteiger partial charge in [-0.3, -0.25) is 4.79 Å². The van der Waals surface area contributed by atoms with Gasteiger partial charge in [0, 0.05) is 32.4 Å². The van der Waals surface area contributed by atoms with Crippen LogP contribution in [0.25, 0.3) is 0 Å². The Morgan fingerprint density at radius 1 is 1.42 bits per heavy atom. The molecule has 1 aromatic heterocycles. The van der Waals surface area contributed by atoms with E-state index in [1.54, 1.807) is 18.3 Å². The minimum Gasteiger partial charge on any atom is -0.368 e. The van der Waals surface area contributed by atoms with E-state index >= 15 is 0 Å². The van der Waals surface area contributed by atoms with Crippen LogP contribution in [0.5, 0.6) is 0 Å². The van der Waals surface area contributed by atoms with Gasteiger partial charge in [0.05, 0.1) is 12.2 Å². The molecule has 24 heavy (non-hydrogen) atoms. The summed E-state index contributed by atoms with van der Waals surface area (Å²) < 4.78 is 5.71. The second-order valence-corrected chi connectivity index (χ2v) is 6.57. The van der Waals surface area contributed by atoms with Gasteiger partial charge in [-0.15, -0.1) is 0 Å². The molecule has 1 saturated heterocycles. The fourth-order valence-electron chi connectivity index (χ4n) is 2.98. The molecular formula is C18H24N4O2. The third-order valence-electron chi connectivity index (χ3n) is 4.64. The van der Waals surface area contributed by atoms with Gasteiger partial charge in [-0.25, -0.2) is 4.98 Å². The molecule has 0 spiro atoms. The zero-order chi connectivity index (χ0) is 16.9. The van der Waals surface area contributed by atoms with Crippen LogP contribution in [0.15, 0.2) is 18.3 Å². The first-order valence-corrected chi connectivity index (χ1v) is 8.69. The van der Waals surface area contributed by atoms with Gasteiger partial charge in [-0.1, -0.05) is 0 Å². The van der Waals surface area contributed by atoms with Gasteiger partial charge < -0.3 is 14.5 Å². The van der Waals surface area contributed by atoms with Crippen LogP contribution in [-0.2, 0) is 9.53 Å². The van der Waals surface area contributed by atoms with Gasteiger partial charge in [0.2, 0.25) is 0 Å². The van der Waals surface area contributed by atoms with Crippen molar-refractivity contribution < 1.29 is 9.53 Å². The number of ether oxygens (including phenoxy) is 1. The summed E-state index contributed by atoms with van der Waals surface area (Å²) in [6.45, 7) is 5.39. The molecule has 0 aromatic carbocycles. The minimum absolute atomic E-state index is 0.0685. The van der Waals surface area contributed by atoms with Crippen molar-refractivity contribution in [3.8, 4) is 6.07 Å². The molecule has 0 N–H and O–H groups in total. The summed E-state index contributed by atoms with van der Waals surface area (Å²) in [6, 6.07) is 5.75. The average molecular weight is 328 g/mol. The van der Waals surface area contributed by atoms with Crippen LogP contribution in [-0.4, -0.2) is 54.7 Å². The topological polar surface area (TPSA) is 69.5 Å². The van der Waals surface area contributed by atoms with Gasteiger partial charge in [-0.2, -0.15) is 5.26 Å². The zero-order valence-electron chi connectivity index (χ0n) is 14.1. The molecule has 0 bridgehead atoms. The molecular weight excluding hydrogens is 304 g/mol. The Hall–Kier alpha value is -2.13. The fraction of sp³-hybridized carbons (Fsp3) is 0.611. The summed E-state index contributed by atoms with van der Waals surface area (Å²) in [5.41, 5.74) is 0.582. The predicted octanol–water partition coefficient (Wildman–Crippen LogP) is 1.81. The highest BCUT2D eigenvalue weighted by atomic mass is 16.5. The van der Waals surface area contributed by atoms with E-state index in [0.29, 0.717) is 37.0 Å². The molecule has 6 heteroatoms. The maximum Gasteiger partial charge on any atom is 0.251 e. The smallest absolute Gasteiger partial charge is 0.251 e. The van der Waals surface area contributed by atoms with Crippen LogP contribution in [0.2, 0.25) is 0 Å². The fourth-order valence-corrected chi connectivity index (χ4v) is 2.98. The van der Waals surface area contributed by atoms with Crippen LogP contribution in [0.1, 0.15) is 31.7 Å². The standard InChI is InChI=1S/C18H24N4O2/c1-14(24-13-15-5-6-15)18(23)22-9-3-8-21(10-11-22)17-16(12-19)4-2-7-20-17/h2,4,7,14-15H,3,5-6,8-11,13H2,1H3/t14-/m1/s1. The molecule has 2 heterocycles. The number of pyridine rings is 1. The molecule has 1 atom stereocenters. The SMILES string of the molecule is C[C@@H](OCC1CC1)C(=O)N1CCCN(c2ncccc2C#N)CC1. The van der Waals surface area contributed by atoms with E-state index in [1.807, 2.05) is 11.8 Å². The molecule has 0 unspecified atom stereocenters. The highest BCUT2D eigenvalue weighted by Gasteiger charge is 2.27. The summed E-state index contributed by atoms with van der Waals surface area (Å²) in [7, 11) is 0. The Morgan fingerprint density at radius 3 is 3.00 bits per heavy atom. The van der Waals surface area contributed by atoms with Crippen molar-refractivity contribution in [3.05, 3.63) is 23.9 Å². The second kappa shape index (κ2) is 7.63. The zero-order valence-corrected chi connectivity index (χ0v) is 14.1. The largest absolute Gasteiger partial charge is 0.368 e. The number of hydrogen-bond acceptors (Lipinski definition) is 5. The van der Waals surface area contributed by atoms with Gasteiger partial charge in [0.1, 0.15) is 18.0 Å². The Kier molecular flexibility index (Phi) is 5.31. The third-order valence-corrected chi connectivity index (χ3v) is 4.64.